The van der Waals surface area contributed by atoms with E-state index in [0.717, 1.165) is 23.3 Å². The maximum absolute atomic E-state index is 13.2. The molecule has 1 aliphatic carbocycles. The highest BCUT2D eigenvalue weighted by Crippen LogP contribution is 2.43. The quantitative estimate of drug-likeness (QED) is 0.484. The average molecular weight is 458 g/mol. The van der Waals surface area contributed by atoms with Crippen LogP contribution in [0.25, 0.3) is 0 Å². The number of esters is 1. The lowest BCUT2D eigenvalue weighted by Crippen LogP contribution is -2.51. The van der Waals surface area contributed by atoms with Crippen LogP contribution in [-0.4, -0.2) is 53.4 Å². The molecule has 1 aliphatic heterocycles. The van der Waals surface area contributed by atoms with Gasteiger partial charge in [-0.05, 0) is 49.5 Å². The van der Waals surface area contributed by atoms with E-state index in [1.807, 2.05) is 30.3 Å². The first-order valence-corrected chi connectivity index (χ1v) is 11.7. The first-order valence-electron chi connectivity index (χ1n) is 11.7. The van der Waals surface area contributed by atoms with Gasteiger partial charge in [-0.2, -0.15) is 0 Å². The minimum Gasteiger partial charge on any atom is -0.464 e. The number of hydrogen-bond acceptors (Lipinski definition) is 5. The molecule has 4 amide bonds. The molecule has 8 heteroatoms. The summed E-state index contributed by atoms with van der Waals surface area (Å²) in [7, 11) is 0. The fourth-order valence-electron chi connectivity index (χ4n) is 4.80. The molecule has 1 unspecified atom stereocenters. The molecule has 33 heavy (non-hydrogen) atoms. The van der Waals surface area contributed by atoms with E-state index >= 15 is 0 Å². The van der Waals surface area contributed by atoms with Gasteiger partial charge >= 0.3 is 12.0 Å². The number of carbonyl (C=O) groups excluding carboxylic acids is 4. The van der Waals surface area contributed by atoms with E-state index in [4.69, 9.17) is 4.74 Å². The van der Waals surface area contributed by atoms with Gasteiger partial charge < -0.3 is 15.4 Å². The predicted molar refractivity (Wildman–Crippen MR) is 123 cm³/mol. The van der Waals surface area contributed by atoms with Crippen LogP contribution in [0, 0.1) is 11.3 Å². The van der Waals surface area contributed by atoms with Crippen LogP contribution in [0.3, 0.4) is 0 Å². The Labute approximate surface area is 195 Å². The monoisotopic (exact) mass is 457 g/mol. The highest BCUT2D eigenvalue weighted by Gasteiger charge is 2.53. The summed E-state index contributed by atoms with van der Waals surface area (Å²) in [6, 6.07) is 7.81. The van der Waals surface area contributed by atoms with Crippen molar-refractivity contribution in [2.75, 3.05) is 13.2 Å². The standard InChI is InChI=1S/C25H35N3O5/c1-5-33-21(30)19(15-17-9-7-6-8-10-17)26-20(29)16-28-22(31)25(27-23(28)32)13-11-18(12-14-25)24(2,3)4/h6-10,18-19H,5,11-16H2,1-4H3,(H,26,29)(H,27,32). The highest BCUT2D eigenvalue weighted by molar-refractivity contribution is 6.09. The second kappa shape index (κ2) is 9.93. The summed E-state index contributed by atoms with van der Waals surface area (Å²) in [4.78, 5) is 51.9. The largest absolute Gasteiger partial charge is 0.464 e. The van der Waals surface area contributed by atoms with Gasteiger partial charge in [0.15, 0.2) is 0 Å². The summed E-state index contributed by atoms with van der Waals surface area (Å²) < 4.78 is 5.10. The third kappa shape index (κ3) is 5.72. The number of nitrogens with one attached hydrogen (secondary N) is 2. The van der Waals surface area contributed by atoms with Gasteiger partial charge in [0.2, 0.25) is 5.91 Å². The number of ether oxygens (including phenoxy) is 1. The Kier molecular flexibility index (Phi) is 7.44. The molecule has 0 aromatic heterocycles. The van der Waals surface area contributed by atoms with E-state index in [1.54, 1.807) is 6.92 Å². The Morgan fingerprint density at radius 1 is 1.18 bits per heavy atom. The summed E-state index contributed by atoms with van der Waals surface area (Å²) >= 11 is 0. The number of nitrogens with zero attached hydrogens (tertiary/aromatic N) is 1. The number of amides is 4. The number of hydrogen-bond donors (Lipinski definition) is 2. The summed E-state index contributed by atoms with van der Waals surface area (Å²) in [5.74, 6) is -1.00. The number of benzene rings is 1. The summed E-state index contributed by atoms with van der Waals surface area (Å²) in [6.07, 6.45) is 3.08. The van der Waals surface area contributed by atoms with Crippen LogP contribution in [0.15, 0.2) is 30.3 Å². The Bertz CT molecular complexity index is 885. The van der Waals surface area contributed by atoms with Gasteiger partial charge in [-0.3, -0.25) is 14.5 Å². The van der Waals surface area contributed by atoms with E-state index in [0.29, 0.717) is 18.8 Å². The van der Waals surface area contributed by atoms with Crippen molar-refractivity contribution >= 4 is 23.8 Å². The van der Waals surface area contributed by atoms with Gasteiger partial charge in [-0.15, -0.1) is 0 Å². The Hall–Kier alpha value is -2.90. The van der Waals surface area contributed by atoms with E-state index in [2.05, 4.69) is 31.4 Å². The second-order valence-electron chi connectivity index (χ2n) is 10.1. The summed E-state index contributed by atoms with van der Waals surface area (Å²) in [5, 5.41) is 5.50. The molecule has 1 atom stereocenters. The molecular formula is C25H35N3O5. The van der Waals surface area contributed by atoms with Crippen molar-refractivity contribution in [3.63, 3.8) is 0 Å². The van der Waals surface area contributed by atoms with Crippen LogP contribution in [0.2, 0.25) is 0 Å². The molecule has 0 radical (unpaired) electrons. The molecule has 8 nitrogen and oxygen atoms in total. The lowest BCUT2D eigenvalue weighted by atomic mass is 9.67. The zero-order valence-corrected chi connectivity index (χ0v) is 20.0. The van der Waals surface area contributed by atoms with E-state index < -0.39 is 36.0 Å². The summed E-state index contributed by atoms with van der Waals surface area (Å²) in [6.45, 7) is 8.02. The highest BCUT2D eigenvalue weighted by atomic mass is 16.5. The zero-order valence-electron chi connectivity index (χ0n) is 20.0. The molecule has 2 N–H and O–H groups in total. The molecule has 1 heterocycles. The molecule has 1 saturated heterocycles. The lowest BCUT2D eigenvalue weighted by Gasteiger charge is -2.40. The van der Waals surface area contributed by atoms with Gasteiger partial charge in [0.05, 0.1) is 6.61 Å². The molecule has 1 spiro atoms. The Morgan fingerprint density at radius 3 is 2.39 bits per heavy atom. The predicted octanol–water partition coefficient (Wildman–Crippen LogP) is 2.80. The average Bonchev–Trinajstić information content (AvgIpc) is 2.97. The van der Waals surface area contributed by atoms with Crippen molar-refractivity contribution < 1.29 is 23.9 Å². The number of urea groups is 1. The third-order valence-electron chi connectivity index (χ3n) is 6.80. The van der Waals surface area contributed by atoms with E-state index in [9.17, 15) is 19.2 Å². The minimum atomic E-state index is -0.927. The molecule has 2 fully saturated rings. The van der Waals surface area contributed by atoms with Crippen LogP contribution < -0.4 is 10.6 Å². The van der Waals surface area contributed by atoms with Crippen LogP contribution in [0.1, 0.15) is 58.9 Å². The van der Waals surface area contributed by atoms with Gasteiger partial charge in [-0.1, -0.05) is 51.1 Å². The third-order valence-corrected chi connectivity index (χ3v) is 6.80. The van der Waals surface area contributed by atoms with Crippen LogP contribution in [0.5, 0.6) is 0 Å². The Balaban J connectivity index is 1.64. The van der Waals surface area contributed by atoms with Crippen LogP contribution in [-0.2, 0) is 25.5 Å². The van der Waals surface area contributed by atoms with Gasteiger partial charge in [0.1, 0.15) is 18.1 Å². The number of rotatable bonds is 7. The molecule has 2 aliphatic rings. The van der Waals surface area contributed by atoms with Crippen molar-refractivity contribution in [2.45, 2.75) is 71.4 Å². The molecule has 1 aromatic carbocycles. The number of carbonyl (C=O) groups is 4. The van der Waals surface area contributed by atoms with Crippen molar-refractivity contribution in [2.24, 2.45) is 11.3 Å². The molecule has 1 saturated carbocycles. The molecule has 0 bridgehead atoms. The first kappa shape index (κ1) is 24.7. The van der Waals surface area contributed by atoms with Crippen LogP contribution in [0.4, 0.5) is 4.79 Å². The maximum atomic E-state index is 13.2. The van der Waals surface area contributed by atoms with E-state index in [-0.39, 0.29) is 24.3 Å². The van der Waals surface area contributed by atoms with Gasteiger partial charge in [0.25, 0.3) is 5.91 Å². The first-order chi connectivity index (χ1) is 15.6. The van der Waals surface area contributed by atoms with Gasteiger partial charge in [0, 0.05) is 6.42 Å². The SMILES string of the molecule is CCOC(=O)C(Cc1ccccc1)NC(=O)CN1C(=O)NC2(CCC(C(C)(C)C)CC2)C1=O. The second-order valence-corrected chi connectivity index (χ2v) is 10.1. The topological polar surface area (TPSA) is 105 Å². The fraction of sp³-hybridized carbons (Fsp3) is 0.600. The Morgan fingerprint density at radius 2 is 1.82 bits per heavy atom. The van der Waals surface area contributed by atoms with Gasteiger partial charge in [-0.25, -0.2) is 9.59 Å². The minimum absolute atomic E-state index is 0.147. The molecular weight excluding hydrogens is 422 g/mol. The van der Waals surface area contributed by atoms with Crippen LogP contribution >= 0.6 is 0 Å². The summed E-state index contributed by atoms with van der Waals surface area (Å²) in [5.41, 5.74) is 0.0811. The lowest BCUT2D eigenvalue weighted by molar-refractivity contribution is -0.147. The van der Waals surface area contributed by atoms with E-state index in [1.165, 1.54) is 0 Å². The van der Waals surface area contributed by atoms with Crippen molar-refractivity contribution in [3.05, 3.63) is 35.9 Å². The normalized spacial score (nSPS) is 23.9. The smallest absolute Gasteiger partial charge is 0.328 e. The molecule has 180 valence electrons. The maximum Gasteiger partial charge on any atom is 0.328 e. The molecule has 3 rings (SSSR count). The fourth-order valence-corrected chi connectivity index (χ4v) is 4.80. The number of imide groups is 1. The molecule has 1 aromatic rings. The zero-order chi connectivity index (χ0) is 24.2. The van der Waals surface area contributed by atoms with Crippen molar-refractivity contribution in [1.29, 1.82) is 0 Å². The van der Waals surface area contributed by atoms with Crippen molar-refractivity contribution in [3.8, 4) is 0 Å². The van der Waals surface area contributed by atoms with Crippen molar-refractivity contribution in [1.82, 2.24) is 15.5 Å².